The van der Waals surface area contributed by atoms with E-state index in [1.165, 1.54) is 29.9 Å². The third kappa shape index (κ3) is 2.62. The Bertz CT molecular complexity index is 851. The fraction of sp³-hybridized carbons (Fsp3) is 0.0769. The summed E-state index contributed by atoms with van der Waals surface area (Å²) in [6, 6.07) is 2.95. The third-order valence-corrected chi connectivity index (χ3v) is 3.42. The lowest BCUT2D eigenvalue weighted by atomic mass is 10.1. The first-order chi connectivity index (χ1) is 10.5. The molecule has 0 saturated carbocycles. The van der Waals surface area contributed by atoms with Crippen LogP contribution in [0.1, 0.15) is 16.2 Å². The maximum atomic E-state index is 13.1. The first-order valence-corrected chi connectivity index (χ1v) is 6.83. The fourth-order valence-electron chi connectivity index (χ4n) is 1.86. The minimum atomic E-state index is -4.66. The predicted octanol–water partition coefficient (Wildman–Crippen LogP) is 3.26. The van der Waals surface area contributed by atoms with Crippen molar-refractivity contribution in [1.29, 1.82) is 0 Å². The van der Waals surface area contributed by atoms with Crippen LogP contribution in [-0.2, 0) is 6.30 Å². The summed E-state index contributed by atoms with van der Waals surface area (Å²) in [5.41, 5.74) is 0.197. The van der Waals surface area contributed by atoms with E-state index in [-0.39, 0.29) is 21.6 Å². The molecule has 0 spiro atoms. The Morgan fingerprint density at radius 2 is 2.00 bits per heavy atom. The largest absolute Gasteiger partial charge is 0.491 e. The molecule has 3 aromatic rings. The highest BCUT2D eigenvalue weighted by Crippen LogP contribution is 2.30. The minimum Gasteiger partial charge on any atom is -0.289 e. The number of nitrogens with zero attached hydrogens (tertiary/aromatic N) is 4. The van der Waals surface area contributed by atoms with E-state index in [2.05, 4.69) is 14.3 Å². The number of fused-ring (bicyclic) bond motifs is 1. The minimum absolute atomic E-state index is 0.0508. The number of allylic oxidation sites excluding steroid dienone is 1. The van der Waals surface area contributed by atoms with Gasteiger partial charge >= 0.3 is 6.30 Å². The van der Waals surface area contributed by atoms with Gasteiger partial charge in [-0.1, -0.05) is 0 Å². The summed E-state index contributed by atoms with van der Waals surface area (Å²) in [4.78, 5) is 19.5. The van der Waals surface area contributed by atoms with Gasteiger partial charge < -0.3 is 0 Å². The highest BCUT2D eigenvalue weighted by Gasteiger charge is 2.36. The summed E-state index contributed by atoms with van der Waals surface area (Å²) >= 11 is 0.888. The summed E-state index contributed by atoms with van der Waals surface area (Å²) in [6.07, 6.45) is 0.266. The molecule has 3 aromatic heterocycles. The van der Waals surface area contributed by atoms with Crippen LogP contribution in [0.5, 0.6) is 0 Å². The summed E-state index contributed by atoms with van der Waals surface area (Å²) in [6.45, 7) is 0. The summed E-state index contributed by atoms with van der Waals surface area (Å²) in [7, 11) is 0. The van der Waals surface area contributed by atoms with E-state index in [4.69, 9.17) is 0 Å². The van der Waals surface area contributed by atoms with E-state index in [9.17, 15) is 18.0 Å². The van der Waals surface area contributed by atoms with Crippen molar-refractivity contribution >= 4 is 34.6 Å². The Labute approximate surface area is 125 Å². The van der Waals surface area contributed by atoms with Gasteiger partial charge in [0.1, 0.15) is 11.3 Å². The van der Waals surface area contributed by atoms with Gasteiger partial charge in [0.25, 0.3) is 0 Å². The zero-order chi connectivity index (χ0) is 15.7. The van der Waals surface area contributed by atoms with Crippen LogP contribution in [0.3, 0.4) is 0 Å². The van der Waals surface area contributed by atoms with Gasteiger partial charge in [-0.2, -0.15) is 4.37 Å². The quantitative estimate of drug-likeness (QED) is 0.548. The summed E-state index contributed by atoms with van der Waals surface area (Å²) in [5, 5.41) is 1.42. The summed E-state index contributed by atoms with van der Waals surface area (Å²) in [5.74, 6) is -0.824. The molecular formula is C13H7F3N4OS. The Morgan fingerprint density at radius 1 is 1.27 bits per heavy atom. The zero-order valence-corrected chi connectivity index (χ0v) is 11.6. The van der Waals surface area contributed by atoms with Gasteiger partial charge in [0.2, 0.25) is 0 Å². The molecule has 0 bridgehead atoms. The van der Waals surface area contributed by atoms with Gasteiger partial charge in [-0.15, -0.1) is 13.2 Å². The molecule has 5 nitrogen and oxygen atoms in total. The van der Waals surface area contributed by atoms with E-state index in [0.29, 0.717) is 5.56 Å². The number of halogens is 3. The highest BCUT2D eigenvalue weighted by molar-refractivity contribution is 7.04. The molecule has 0 aliphatic carbocycles. The second-order valence-electron chi connectivity index (χ2n) is 4.23. The second kappa shape index (κ2) is 5.34. The van der Waals surface area contributed by atoms with E-state index in [1.54, 1.807) is 0 Å². The Hall–Kier alpha value is -2.55. The highest BCUT2D eigenvalue weighted by atomic mass is 32.1. The van der Waals surface area contributed by atoms with Crippen molar-refractivity contribution in [2.24, 2.45) is 0 Å². The lowest BCUT2D eigenvalue weighted by Crippen LogP contribution is -2.18. The summed E-state index contributed by atoms with van der Waals surface area (Å²) < 4.78 is 43.0. The number of alkyl halides is 3. The van der Waals surface area contributed by atoms with Gasteiger partial charge in [0.15, 0.2) is 11.4 Å². The first-order valence-electron chi connectivity index (χ1n) is 5.99. The van der Waals surface area contributed by atoms with Crippen LogP contribution in [0.15, 0.2) is 36.0 Å². The molecule has 3 rings (SSSR count). The van der Waals surface area contributed by atoms with Gasteiger partial charge in [-0.3, -0.25) is 9.78 Å². The monoisotopic (exact) mass is 324 g/mol. The Kier molecular flexibility index (Phi) is 3.49. The standard InChI is InChI=1S/C13H7F3N4OS/c14-13(15,16)20-11(18-9-7-22-19-12(9)20)2-1-10(21)8-3-5-17-6-4-8/h1-7H. The van der Waals surface area contributed by atoms with Crippen LogP contribution in [-0.4, -0.2) is 24.7 Å². The molecule has 0 radical (unpaired) electrons. The maximum Gasteiger partial charge on any atom is 0.491 e. The van der Waals surface area contributed by atoms with Gasteiger partial charge in [-0.25, -0.2) is 9.55 Å². The number of hydrogen-bond donors (Lipinski definition) is 0. The molecule has 0 amide bonds. The molecule has 0 fully saturated rings. The van der Waals surface area contributed by atoms with E-state index >= 15 is 0 Å². The Morgan fingerprint density at radius 3 is 2.68 bits per heavy atom. The number of pyridine rings is 1. The smallest absolute Gasteiger partial charge is 0.289 e. The number of carbonyl (C=O) groups excluding carboxylic acids is 1. The van der Waals surface area contributed by atoms with Gasteiger partial charge in [0, 0.05) is 23.3 Å². The van der Waals surface area contributed by atoms with E-state index in [1.807, 2.05) is 0 Å². The van der Waals surface area contributed by atoms with E-state index in [0.717, 1.165) is 23.7 Å². The van der Waals surface area contributed by atoms with Crippen molar-refractivity contribution in [1.82, 2.24) is 18.9 Å². The van der Waals surface area contributed by atoms with Crippen molar-refractivity contribution in [2.75, 3.05) is 0 Å². The molecular weight excluding hydrogens is 317 g/mol. The van der Waals surface area contributed by atoms with E-state index < -0.39 is 12.1 Å². The molecule has 22 heavy (non-hydrogen) atoms. The molecule has 0 atom stereocenters. The fourth-order valence-corrected chi connectivity index (χ4v) is 2.45. The average Bonchev–Trinajstić information content (AvgIpc) is 3.04. The third-order valence-electron chi connectivity index (χ3n) is 2.81. The number of aromatic nitrogens is 4. The van der Waals surface area contributed by atoms with Crippen LogP contribution in [0, 0.1) is 0 Å². The van der Waals surface area contributed by atoms with Crippen LogP contribution in [0.4, 0.5) is 13.2 Å². The number of imidazole rings is 1. The molecule has 0 aromatic carbocycles. The molecule has 0 unspecified atom stereocenters. The molecule has 112 valence electrons. The average molecular weight is 324 g/mol. The normalized spacial score (nSPS) is 12.3. The lowest BCUT2D eigenvalue weighted by Gasteiger charge is -2.08. The molecule has 3 heterocycles. The molecule has 0 N–H and O–H groups in total. The van der Waals surface area contributed by atoms with Gasteiger partial charge in [0.05, 0.1) is 0 Å². The first kappa shape index (κ1) is 14.4. The SMILES string of the molecule is O=C(C=Cc1nc2csnc2n1C(F)(F)F)c1ccncc1. The molecule has 0 aliphatic rings. The number of rotatable bonds is 3. The molecule has 9 heteroatoms. The van der Waals surface area contributed by atoms with Crippen molar-refractivity contribution < 1.29 is 18.0 Å². The number of ketones is 1. The van der Waals surface area contributed by atoms with Crippen molar-refractivity contribution in [3.8, 4) is 0 Å². The molecule has 0 saturated heterocycles. The molecule has 0 aliphatic heterocycles. The van der Waals surface area contributed by atoms with Gasteiger partial charge in [-0.05, 0) is 35.8 Å². The maximum absolute atomic E-state index is 13.1. The topological polar surface area (TPSA) is 60.7 Å². The van der Waals surface area contributed by atoms with Crippen LogP contribution >= 0.6 is 11.5 Å². The number of hydrogen-bond acceptors (Lipinski definition) is 5. The van der Waals surface area contributed by atoms with Crippen molar-refractivity contribution in [2.45, 2.75) is 6.30 Å². The lowest BCUT2D eigenvalue weighted by molar-refractivity contribution is -0.201. The van der Waals surface area contributed by atoms with Crippen LogP contribution in [0.25, 0.3) is 17.2 Å². The van der Waals surface area contributed by atoms with Crippen molar-refractivity contribution in [3.63, 3.8) is 0 Å². The Balaban J connectivity index is 1.99. The number of carbonyl (C=O) groups is 1. The van der Waals surface area contributed by atoms with Crippen LogP contribution in [0.2, 0.25) is 0 Å². The predicted molar refractivity (Wildman–Crippen MR) is 74.3 cm³/mol. The van der Waals surface area contributed by atoms with Crippen LogP contribution < -0.4 is 0 Å². The van der Waals surface area contributed by atoms with Crippen molar-refractivity contribution in [3.05, 3.63) is 47.4 Å². The second-order valence-corrected chi connectivity index (χ2v) is 4.86. The zero-order valence-electron chi connectivity index (χ0n) is 10.8.